The first-order valence-corrected chi connectivity index (χ1v) is 3.33. The van der Waals surface area contributed by atoms with Gasteiger partial charge in [0, 0.05) is 0 Å². The summed E-state index contributed by atoms with van der Waals surface area (Å²) >= 11 is 0.0179. The van der Waals surface area contributed by atoms with Crippen molar-refractivity contribution in [2.45, 2.75) is 6.18 Å². The van der Waals surface area contributed by atoms with Crippen molar-refractivity contribution in [2.75, 3.05) is 0 Å². The van der Waals surface area contributed by atoms with E-state index in [0.29, 0.717) is 0 Å². The summed E-state index contributed by atoms with van der Waals surface area (Å²) in [7, 11) is 0. The number of alkyl halides is 3. The van der Waals surface area contributed by atoms with Gasteiger partial charge in [0.25, 0.3) is 5.82 Å². The molecule has 0 bridgehead atoms. The van der Waals surface area contributed by atoms with Crippen molar-refractivity contribution in [1.29, 1.82) is 0 Å². The second-order valence-corrected chi connectivity index (χ2v) is 2.48. The molecule has 0 radical (unpaired) electrons. The molecule has 1 aromatic rings. The van der Waals surface area contributed by atoms with Gasteiger partial charge in [-0.25, -0.2) is 9.78 Å². The zero-order valence-corrected chi connectivity index (χ0v) is 6.11. The average Bonchev–Trinajstić information content (AvgIpc) is 2.30. The Balaban J connectivity index is 3.00. The third-order valence-corrected chi connectivity index (χ3v) is 1.62. The number of rotatable bonds is 1. The fraction of sp³-hybridized carbons (Fsp3) is 0.250. The molecule has 0 saturated carbocycles. The fourth-order valence-corrected chi connectivity index (χ4v) is 0.948. The Morgan fingerprint density at radius 3 is 2.33 bits per heavy atom. The van der Waals surface area contributed by atoms with E-state index in [4.69, 9.17) is 5.11 Å². The van der Waals surface area contributed by atoms with E-state index in [1.807, 2.05) is 0 Å². The lowest BCUT2D eigenvalue weighted by atomic mass is 10.6. The third-order valence-electron chi connectivity index (χ3n) is 0.860. The van der Waals surface area contributed by atoms with E-state index in [-0.39, 0.29) is 11.5 Å². The summed E-state index contributed by atoms with van der Waals surface area (Å²) < 4.78 is 38.3. The van der Waals surface area contributed by atoms with E-state index in [1.165, 1.54) is 0 Å². The molecule has 0 amide bonds. The molecule has 8 heteroatoms. The summed E-state index contributed by atoms with van der Waals surface area (Å²) in [5.41, 5.74) is 0. The van der Waals surface area contributed by atoms with Crippen molar-refractivity contribution in [3.8, 4) is 0 Å². The molecule has 1 N–H and O–H groups in total. The van der Waals surface area contributed by atoms with E-state index in [2.05, 4.69) is 9.36 Å². The average molecular weight is 198 g/mol. The number of aromatic carboxylic acids is 1. The minimum absolute atomic E-state index is 0.0179. The van der Waals surface area contributed by atoms with Gasteiger partial charge in [0.1, 0.15) is 0 Å². The van der Waals surface area contributed by atoms with E-state index in [1.54, 1.807) is 0 Å². The molecule has 0 spiro atoms. The molecular formula is C4HF3N2O2S. The molecule has 0 unspecified atom stereocenters. The van der Waals surface area contributed by atoms with Crippen LogP contribution in [-0.2, 0) is 6.18 Å². The predicted octanol–water partition coefficient (Wildman–Crippen LogP) is 1.26. The van der Waals surface area contributed by atoms with E-state index in [0.717, 1.165) is 0 Å². The molecule has 1 heterocycles. The molecule has 0 fully saturated rings. The van der Waals surface area contributed by atoms with E-state index >= 15 is 0 Å². The first-order chi connectivity index (χ1) is 5.41. The Labute approximate surface area is 67.8 Å². The molecule has 0 aliphatic rings. The smallest absolute Gasteiger partial charge is 0.444 e. The van der Waals surface area contributed by atoms with Crippen LogP contribution in [0.15, 0.2) is 0 Å². The van der Waals surface area contributed by atoms with Crippen LogP contribution in [0.4, 0.5) is 13.2 Å². The molecule has 0 aromatic carbocycles. The van der Waals surface area contributed by atoms with Crippen LogP contribution in [0.3, 0.4) is 0 Å². The quantitative estimate of drug-likeness (QED) is 0.737. The van der Waals surface area contributed by atoms with Crippen LogP contribution in [0.5, 0.6) is 0 Å². The number of nitrogens with zero attached hydrogens (tertiary/aromatic N) is 2. The Hall–Kier alpha value is -1.18. The number of halogens is 3. The topological polar surface area (TPSA) is 63.1 Å². The highest BCUT2D eigenvalue weighted by Gasteiger charge is 2.36. The van der Waals surface area contributed by atoms with E-state index < -0.39 is 23.0 Å². The Kier molecular flexibility index (Phi) is 2.01. The summed E-state index contributed by atoms with van der Waals surface area (Å²) in [6.45, 7) is 0. The SMILES string of the molecule is O=C(O)c1nsc(C(F)(F)F)n1. The van der Waals surface area contributed by atoms with Gasteiger partial charge in [0.2, 0.25) is 5.01 Å². The van der Waals surface area contributed by atoms with Gasteiger partial charge in [-0.05, 0) is 11.5 Å². The summed E-state index contributed by atoms with van der Waals surface area (Å²) in [5.74, 6) is -2.39. The first-order valence-electron chi connectivity index (χ1n) is 2.55. The van der Waals surface area contributed by atoms with Crippen LogP contribution >= 0.6 is 11.5 Å². The molecule has 66 valence electrons. The Morgan fingerprint density at radius 2 is 2.08 bits per heavy atom. The summed E-state index contributed by atoms with van der Waals surface area (Å²) in [6.07, 6.45) is -4.62. The first kappa shape index (κ1) is 8.91. The maximum Gasteiger partial charge on any atom is 0.444 e. The van der Waals surface area contributed by atoms with Crippen LogP contribution in [0, 0.1) is 0 Å². The standard InChI is InChI=1S/C4HF3N2O2S/c5-4(6,7)3-8-1(2(10)11)9-12-3/h(H,10,11). The Morgan fingerprint density at radius 1 is 1.50 bits per heavy atom. The van der Waals surface area contributed by atoms with Gasteiger partial charge in [-0.15, -0.1) is 0 Å². The lowest BCUT2D eigenvalue weighted by Gasteiger charge is -1.97. The molecule has 0 atom stereocenters. The van der Waals surface area contributed by atoms with Crippen LogP contribution in [0.2, 0.25) is 0 Å². The van der Waals surface area contributed by atoms with E-state index in [9.17, 15) is 18.0 Å². The lowest BCUT2D eigenvalue weighted by molar-refractivity contribution is -0.137. The minimum atomic E-state index is -4.62. The van der Waals surface area contributed by atoms with Crippen molar-refractivity contribution in [3.63, 3.8) is 0 Å². The molecule has 1 aromatic heterocycles. The van der Waals surface area contributed by atoms with Gasteiger partial charge in [0.15, 0.2) is 0 Å². The maximum atomic E-state index is 11.8. The molecule has 0 aliphatic heterocycles. The normalized spacial score (nSPS) is 11.6. The van der Waals surface area contributed by atoms with Crippen molar-refractivity contribution in [2.24, 2.45) is 0 Å². The Bertz CT molecular complexity index is 307. The van der Waals surface area contributed by atoms with Crippen LogP contribution in [0.1, 0.15) is 15.6 Å². The van der Waals surface area contributed by atoms with Gasteiger partial charge in [0.05, 0.1) is 0 Å². The van der Waals surface area contributed by atoms with Gasteiger partial charge in [-0.1, -0.05) is 0 Å². The second kappa shape index (κ2) is 2.70. The third kappa shape index (κ3) is 1.70. The molecule has 4 nitrogen and oxygen atoms in total. The van der Waals surface area contributed by atoms with Crippen LogP contribution in [-0.4, -0.2) is 20.4 Å². The second-order valence-electron chi connectivity index (χ2n) is 1.73. The summed E-state index contributed by atoms with van der Waals surface area (Å²) in [4.78, 5) is 12.8. The summed E-state index contributed by atoms with van der Waals surface area (Å²) in [6, 6.07) is 0. The van der Waals surface area contributed by atoms with Crippen LogP contribution in [0.25, 0.3) is 0 Å². The maximum absolute atomic E-state index is 11.8. The number of aromatic nitrogens is 2. The van der Waals surface area contributed by atoms with Gasteiger partial charge < -0.3 is 5.11 Å². The van der Waals surface area contributed by atoms with Gasteiger partial charge in [-0.2, -0.15) is 17.5 Å². The van der Waals surface area contributed by atoms with Gasteiger partial charge in [-0.3, -0.25) is 0 Å². The number of hydrogen-bond acceptors (Lipinski definition) is 4. The van der Waals surface area contributed by atoms with Crippen molar-refractivity contribution < 1.29 is 23.1 Å². The van der Waals surface area contributed by atoms with Crippen molar-refractivity contribution >= 4 is 17.5 Å². The monoisotopic (exact) mass is 198 g/mol. The number of hydrogen-bond donors (Lipinski definition) is 1. The molecule has 0 aliphatic carbocycles. The fourth-order valence-electron chi connectivity index (χ4n) is 0.425. The number of carboxylic acid groups (broad SMARTS) is 1. The lowest BCUT2D eigenvalue weighted by Crippen LogP contribution is -2.06. The zero-order chi connectivity index (χ0) is 9.35. The highest BCUT2D eigenvalue weighted by Crippen LogP contribution is 2.30. The van der Waals surface area contributed by atoms with Gasteiger partial charge >= 0.3 is 12.1 Å². The predicted molar refractivity (Wildman–Crippen MR) is 31.9 cm³/mol. The summed E-state index contributed by atoms with van der Waals surface area (Å²) in [5, 5.41) is 6.93. The highest BCUT2D eigenvalue weighted by molar-refractivity contribution is 7.05. The van der Waals surface area contributed by atoms with Crippen molar-refractivity contribution in [3.05, 3.63) is 10.8 Å². The molecule has 1 rings (SSSR count). The largest absolute Gasteiger partial charge is 0.475 e. The molecule has 0 saturated heterocycles. The number of carbonyl (C=O) groups is 1. The van der Waals surface area contributed by atoms with Crippen molar-refractivity contribution in [1.82, 2.24) is 9.36 Å². The highest BCUT2D eigenvalue weighted by atomic mass is 32.1. The molecular weight excluding hydrogens is 197 g/mol. The molecule has 12 heavy (non-hydrogen) atoms. The zero-order valence-electron chi connectivity index (χ0n) is 5.29. The van der Waals surface area contributed by atoms with Crippen LogP contribution < -0.4 is 0 Å². The number of carboxylic acids is 1. The minimum Gasteiger partial charge on any atom is -0.475 e.